The molecule has 1 heterocycles. The van der Waals surface area contributed by atoms with Gasteiger partial charge in [0, 0.05) is 46.4 Å². The fourth-order valence-corrected chi connectivity index (χ4v) is 3.29. The maximum atomic E-state index is 10.2. The van der Waals surface area contributed by atoms with Crippen molar-refractivity contribution in [2.24, 2.45) is 0 Å². The normalized spacial score (nSPS) is 24.0. The van der Waals surface area contributed by atoms with Crippen LogP contribution < -0.4 is 0 Å². The van der Waals surface area contributed by atoms with Gasteiger partial charge in [0.2, 0.25) is 0 Å². The summed E-state index contributed by atoms with van der Waals surface area (Å²) in [6.07, 6.45) is 2.89. The van der Waals surface area contributed by atoms with E-state index in [-0.39, 0.29) is 17.1 Å². The number of hydrogen-bond acceptors (Lipinski definition) is 4. The van der Waals surface area contributed by atoms with Crippen molar-refractivity contribution >= 4 is 16.1 Å². The van der Waals surface area contributed by atoms with E-state index in [1.807, 2.05) is 0 Å². The summed E-state index contributed by atoms with van der Waals surface area (Å²) >= 11 is 3.69. The third-order valence-electron chi connectivity index (χ3n) is 3.77. The molecule has 0 aromatic carbocycles. The second kappa shape index (κ2) is 6.85. The van der Waals surface area contributed by atoms with Crippen LogP contribution in [0.15, 0.2) is 0 Å². The van der Waals surface area contributed by atoms with Crippen molar-refractivity contribution < 1.29 is 9.94 Å². The second-order valence-electron chi connectivity index (χ2n) is 6.74. The summed E-state index contributed by atoms with van der Waals surface area (Å²) in [4.78, 5) is 0. The quantitative estimate of drug-likeness (QED) is 0.458. The van der Waals surface area contributed by atoms with E-state index in [0.717, 1.165) is 25.9 Å². The first-order valence-corrected chi connectivity index (χ1v) is 7.91. The Balaban J connectivity index is 2.54. The van der Waals surface area contributed by atoms with Crippen LogP contribution in [0.1, 0.15) is 53.9 Å². The summed E-state index contributed by atoms with van der Waals surface area (Å²) in [6, 6.07) is 0.184. The lowest BCUT2D eigenvalue weighted by molar-refractivity contribution is -0.165. The van der Waals surface area contributed by atoms with E-state index in [1.165, 1.54) is 5.06 Å². The number of halogens is 1. The van der Waals surface area contributed by atoms with Gasteiger partial charge in [-0.05, 0) is 47.0 Å². The van der Waals surface area contributed by atoms with Gasteiger partial charge in [0.05, 0.1) is 6.61 Å². The zero-order valence-electron chi connectivity index (χ0n) is 12.9. The van der Waals surface area contributed by atoms with Crippen LogP contribution in [0.4, 0.5) is 0 Å². The Hall–Kier alpha value is 0.320. The topological polar surface area (TPSA) is 35.9 Å². The first kappa shape index (κ1) is 17.4. The Morgan fingerprint density at radius 2 is 1.74 bits per heavy atom. The molecule has 1 saturated heterocycles. The van der Waals surface area contributed by atoms with Crippen molar-refractivity contribution in [1.29, 1.82) is 0 Å². The van der Waals surface area contributed by atoms with Gasteiger partial charge in [-0.25, -0.2) is 3.93 Å². The predicted octanol–water partition coefficient (Wildman–Crippen LogP) is 3.44. The molecule has 19 heavy (non-hydrogen) atoms. The standard InChI is InChI=1S/C14H29BrN2O2/c1-6-8-19-9-7-16(18)12-10-13(2,3)17(15)14(4,5)11-12/h12,18H,6-11H2,1-5H3. The molecule has 0 unspecified atom stereocenters. The molecule has 0 atom stereocenters. The Morgan fingerprint density at radius 3 is 2.21 bits per heavy atom. The molecule has 1 rings (SSSR count). The van der Waals surface area contributed by atoms with E-state index in [0.29, 0.717) is 13.2 Å². The van der Waals surface area contributed by atoms with Gasteiger partial charge in [0.1, 0.15) is 0 Å². The van der Waals surface area contributed by atoms with Gasteiger partial charge in [-0.1, -0.05) is 6.92 Å². The molecule has 4 nitrogen and oxygen atoms in total. The van der Waals surface area contributed by atoms with Crippen LogP contribution in [0.3, 0.4) is 0 Å². The minimum absolute atomic E-state index is 0.0255. The average molecular weight is 337 g/mol. The van der Waals surface area contributed by atoms with Crippen molar-refractivity contribution in [3.63, 3.8) is 0 Å². The van der Waals surface area contributed by atoms with Gasteiger partial charge in [-0.15, -0.1) is 0 Å². The minimum atomic E-state index is 0.0255. The highest BCUT2D eigenvalue weighted by Crippen LogP contribution is 2.42. The first-order chi connectivity index (χ1) is 8.70. The van der Waals surface area contributed by atoms with Gasteiger partial charge < -0.3 is 9.94 Å². The Kier molecular flexibility index (Phi) is 6.27. The van der Waals surface area contributed by atoms with Gasteiger partial charge in [-0.2, -0.15) is 5.06 Å². The van der Waals surface area contributed by atoms with Crippen molar-refractivity contribution in [2.75, 3.05) is 19.8 Å². The zero-order valence-corrected chi connectivity index (χ0v) is 14.5. The average Bonchev–Trinajstić information content (AvgIpc) is 2.30. The molecule has 0 amide bonds. The molecule has 0 spiro atoms. The summed E-state index contributed by atoms with van der Waals surface area (Å²) < 4.78 is 7.69. The van der Waals surface area contributed by atoms with Crippen molar-refractivity contribution in [1.82, 2.24) is 8.99 Å². The van der Waals surface area contributed by atoms with E-state index >= 15 is 0 Å². The SMILES string of the molecule is CCCOCCN(O)C1CC(C)(C)N(Br)C(C)(C)C1. The van der Waals surface area contributed by atoms with E-state index in [9.17, 15) is 5.21 Å². The molecule has 0 aromatic heterocycles. The van der Waals surface area contributed by atoms with Crippen molar-refractivity contribution in [3.8, 4) is 0 Å². The van der Waals surface area contributed by atoms with Crippen LogP contribution in [0, 0.1) is 0 Å². The summed E-state index contributed by atoms with van der Waals surface area (Å²) in [6.45, 7) is 12.9. The number of hydroxylamine groups is 2. The third kappa shape index (κ3) is 4.67. The second-order valence-corrected chi connectivity index (χ2v) is 7.45. The molecule has 1 aliphatic heterocycles. The fourth-order valence-electron chi connectivity index (χ4n) is 3.00. The molecular formula is C14H29BrN2O2. The third-order valence-corrected chi connectivity index (χ3v) is 5.69. The van der Waals surface area contributed by atoms with Crippen LogP contribution in [0.5, 0.6) is 0 Å². The molecule has 0 radical (unpaired) electrons. The number of hydrogen-bond donors (Lipinski definition) is 1. The van der Waals surface area contributed by atoms with Gasteiger partial charge in [-0.3, -0.25) is 0 Å². The van der Waals surface area contributed by atoms with Crippen LogP contribution in [-0.2, 0) is 4.74 Å². The fraction of sp³-hybridized carbons (Fsp3) is 1.00. The summed E-state index contributed by atoms with van der Waals surface area (Å²) in [5.74, 6) is 0. The highest BCUT2D eigenvalue weighted by Gasteiger charge is 2.45. The molecular weight excluding hydrogens is 308 g/mol. The van der Waals surface area contributed by atoms with E-state index in [1.54, 1.807) is 0 Å². The number of ether oxygens (including phenoxy) is 1. The number of rotatable bonds is 6. The van der Waals surface area contributed by atoms with Gasteiger partial charge in [0.15, 0.2) is 0 Å². The first-order valence-electron chi connectivity index (χ1n) is 7.20. The molecule has 1 N–H and O–H groups in total. The molecule has 0 saturated carbocycles. The lowest BCUT2D eigenvalue weighted by Crippen LogP contribution is -2.60. The highest BCUT2D eigenvalue weighted by molar-refractivity contribution is 9.07. The molecule has 0 aliphatic carbocycles. The molecule has 1 fully saturated rings. The molecule has 1 aliphatic rings. The minimum Gasteiger partial charge on any atom is -0.380 e. The lowest BCUT2D eigenvalue weighted by Gasteiger charge is -2.53. The summed E-state index contributed by atoms with van der Waals surface area (Å²) in [5.41, 5.74) is 0.0509. The molecule has 5 heteroatoms. The van der Waals surface area contributed by atoms with Crippen LogP contribution in [0.25, 0.3) is 0 Å². The summed E-state index contributed by atoms with van der Waals surface area (Å²) in [7, 11) is 0. The van der Waals surface area contributed by atoms with Gasteiger partial charge >= 0.3 is 0 Å². The maximum Gasteiger partial charge on any atom is 0.0616 e. The van der Waals surface area contributed by atoms with E-state index in [4.69, 9.17) is 4.74 Å². The number of piperidine rings is 1. The Morgan fingerprint density at radius 1 is 1.21 bits per heavy atom. The molecule has 0 bridgehead atoms. The smallest absolute Gasteiger partial charge is 0.0616 e. The van der Waals surface area contributed by atoms with E-state index < -0.39 is 0 Å². The maximum absolute atomic E-state index is 10.2. The molecule has 114 valence electrons. The monoisotopic (exact) mass is 336 g/mol. The van der Waals surface area contributed by atoms with Crippen LogP contribution in [0.2, 0.25) is 0 Å². The van der Waals surface area contributed by atoms with Crippen molar-refractivity contribution in [2.45, 2.75) is 71.0 Å². The van der Waals surface area contributed by atoms with Crippen LogP contribution >= 0.6 is 16.1 Å². The highest BCUT2D eigenvalue weighted by atomic mass is 79.9. The predicted molar refractivity (Wildman–Crippen MR) is 81.5 cm³/mol. The Labute approximate surface area is 126 Å². The molecule has 0 aromatic rings. The van der Waals surface area contributed by atoms with Gasteiger partial charge in [0.25, 0.3) is 0 Å². The largest absolute Gasteiger partial charge is 0.380 e. The Bertz CT molecular complexity index is 267. The van der Waals surface area contributed by atoms with E-state index in [2.05, 4.69) is 54.7 Å². The number of nitrogens with zero attached hydrogens (tertiary/aromatic N) is 2. The summed E-state index contributed by atoms with van der Waals surface area (Å²) in [5, 5.41) is 11.7. The lowest BCUT2D eigenvalue weighted by atomic mass is 9.79. The zero-order chi connectivity index (χ0) is 14.7. The van der Waals surface area contributed by atoms with Crippen molar-refractivity contribution in [3.05, 3.63) is 0 Å². The van der Waals surface area contributed by atoms with Crippen LogP contribution in [-0.4, -0.2) is 51.1 Å².